The minimum atomic E-state index is 0.903. The predicted molar refractivity (Wildman–Crippen MR) is 202 cm³/mol. The molecule has 0 atom stereocenters. The Balaban J connectivity index is 1.23. The van der Waals surface area contributed by atoms with Crippen molar-refractivity contribution >= 4 is 87.0 Å². The molecule has 9 aromatic carbocycles. The standard InChI is InChI=1S/C46H26O2/c1-3-12-29-25-42-38(22-27(29)10-1)37-24-31(20-21-40(37)47-42)44-32-14-5-7-16-34(32)45(35-17-8-6-15-33(35)44)36-18-9-19-41-46(36)39-23-28-11-2-4-13-30(28)26-43(39)48-41/h1-26H. The van der Waals surface area contributed by atoms with Gasteiger partial charge in [0.05, 0.1) is 0 Å². The van der Waals surface area contributed by atoms with Crippen LogP contribution in [0.4, 0.5) is 0 Å². The molecular formula is C46H26O2. The van der Waals surface area contributed by atoms with E-state index in [2.05, 4.69) is 158 Å². The first kappa shape index (κ1) is 25.8. The molecule has 0 amide bonds. The largest absolute Gasteiger partial charge is 0.456 e. The van der Waals surface area contributed by atoms with E-state index < -0.39 is 0 Å². The summed E-state index contributed by atoms with van der Waals surface area (Å²) in [6.07, 6.45) is 0. The Labute approximate surface area is 275 Å². The van der Waals surface area contributed by atoms with Gasteiger partial charge in [-0.1, -0.05) is 115 Å². The van der Waals surface area contributed by atoms with Gasteiger partial charge in [0.15, 0.2) is 0 Å². The van der Waals surface area contributed by atoms with Crippen molar-refractivity contribution in [2.75, 3.05) is 0 Å². The second-order valence-corrected chi connectivity index (χ2v) is 12.8. The summed E-state index contributed by atoms with van der Waals surface area (Å²) in [6.45, 7) is 0. The summed E-state index contributed by atoms with van der Waals surface area (Å²) in [7, 11) is 0. The van der Waals surface area contributed by atoms with Gasteiger partial charge in [0.2, 0.25) is 0 Å². The van der Waals surface area contributed by atoms with Gasteiger partial charge in [-0.05, 0) is 108 Å². The average molecular weight is 611 g/mol. The maximum Gasteiger partial charge on any atom is 0.136 e. The molecule has 11 rings (SSSR count). The van der Waals surface area contributed by atoms with Crippen LogP contribution in [0, 0.1) is 0 Å². The molecule has 0 radical (unpaired) electrons. The number of hydrogen-bond acceptors (Lipinski definition) is 2. The van der Waals surface area contributed by atoms with Crippen LogP contribution in [0.2, 0.25) is 0 Å². The van der Waals surface area contributed by atoms with Crippen molar-refractivity contribution in [2.24, 2.45) is 0 Å². The third kappa shape index (κ3) is 3.57. The normalized spacial score (nSPS) is 12.2. The lowest BCUT2D eigenvalue weighted by molar-refractivity contribution is 0.669. The molecule has 2 nitrogen and oxygen atoms in total. The number of benzene rings is 9. The first-order chi connectivity index (χ1) is 23.8. The Morgan fingerprint density at radius 3 is 1.44 bits per heavy atom. The first-order valence-electron chi connectivity index (χ1n) is 16.4. The van der Waals surface area contributed by atoms with Gasteiger partial charge < -0.3 is 8.83 Å². The summed E-state index contributed by atoms with van der Waals surface area (Å²) >= 11 is 0. The van der Waals surface area contributed by atoms with Crippen LogP contribution >= 0.6 is 0 Å². The SMILES string of the molecule is c1ccc2cc3c(cc2c1)oc1ccc(-c2c4ccccc4c(-c4cccc5oc6cc7ccccc7cc6c45)c4ccccc24)cc13. The van der Waals surface area contributed by atoms with Crippen LogP contribution in [-0.2, 0) is 0 Å². The highest BCUT2D eigenvalue weighted by Crippen LogP contribution is 2.48. The predicted octanol–water partition coefficient (Wildman–Crippen LogP) is 13.4. The zero-order valence-electron chi connectivity index (χ0n) is 25.8. The van der Waals surface area contributed by atoms with E-state index in [-0.39, 0.29) is 0 Å². The van der Waals surface area contributed by atoms with Crippen molar-refractivity contribution in [1.82, 2.24) is 0 Å². The van der Waals surface area contributed by atoms with E-state index in [1.165, 1.54) is 65.3 Å². The van der Waals surface area contributed by atoms with E-state index in [4.69, 9.17) is 8.83 Å². The molecule has 0 saturated carbocycles. The Bertz CT molecular complexity index is 3060. The molecule has 2 aromatic heterocycles. The molecule has 11 aromatic rings. The number of fused-ring (bicyclic) bond motifs is 10. The van der Waals surface area contributed by atoms with Gasteiger partial charge in [-0.25, -0.2) is 0 Å². The lowest BCUT2D eigenvalue weighted by atomic mass is 9.84. The second kappa shape index (κ2) is 9.57. The molecule has 0 N–H and O–H groups in total. The summed E-state index contributed by atoms with van der Waals surface area (Å²) < 4.78 is 12.9. The first-order valence-corrected chi connectivity index (χ1v) is 16.4. The highest BCUT2D eigenvalue weighted by atomic mass is 16.3. The maximum atomic E-state index is 6.53. The summed E-state index contributed by atoms with van der Waals surface area (Å²) in [5, 5.41) is 14.2. The lowest BCUT2D eigenvalue weighted by Gasteiger charge is -2.18. The molecule has 0 spiro atoms. The van der Waals surface area contributed by atoms with Gasteiger partial charge in [0.25, 0.3) is 0 Å². The van der Waals surface area contributed by atoms with Gasteiger partial charge in [0.1, 0.15) is 22.3 Å². The van der Waals surface area contributed by atoms with Crippen LogP contribution in [0.15, 0.2) is 167 Å². The van der Waals surface area contributed by atoms with Crippen molar-refractivity contribution in [3.05, 3.63) is 158 Å². The summed E-state index contributed by atoms with van der Waals surface area (Å²) in [5.74, 6) is 0. The maximum absolute atomic E-state index is 6.53. The molecule has 0 saturated heterocycles. The number of hydrogen-bond donors (Lipinski definition) is 0. The van der Waals surface area contributed by atoms with Gasteiger partial charge >= 0.3 is 0 Å². The van der Waals surface area contributed by atoms with Crippen molar-refractivity contribution in [3.63, 3.8) is 0 Å². The van der Waals surface area contributed by atoms with Crippen molar-refractivity contribution < 1.29 is 8.83 Å². The van der Waals surface area contributed by atoms with Crippen molar-refractivity contribution in [2.45, 2.75) is 0 Å². The van der Waals surface area contributed by atoms with Gasteiger partial charge in [-0.15, -0.1) is 0 Å². The molecule has 0 aliphatic rings. The zero-order chi connectivity index (χ0) is 31.3. The van der Waals surface area contributed by atoms with Crippen LogP contribution < -0.4 is 0 Å². The monoisotopic (exact) mass is 610 g/mol. The van der Waals surface area contributed by atoms with Crippen LogP contribution in [0.3, 0.4) is 0 Å². The topological polar surface area (TPSA) is 26.3 Å². The highest BCUT2D eigenvalue weighted by molar-refractivity contribution is 6.26. The van der Waals surface area contributed by atoms with E-state index in [9.17, 15) is 0 Å². The molecule has 0 fully saturated rings. The van der Waals surface area contributed by atoms with E-state index >= 15 is 0 Å². The average Bonchev–Trinajstić information content (AvgIpc) is 3.68. The Morgan fingerprint density at radius 1 is 0.292 bits per heavy atom. The highest BCUT2D eigenvalue weighted by Gasteiger charge is 2.21. The zero-order valence-corrected chi connectivity index (χ0v) is 25.8. The third-order valence-electron chi connectivity index (χ3n) is 10.2. The minimum absolute atomic E-state index is 0.903. The van der Waals surface area contributed by atoms with Crippen LogP contribution in [0.1, 0.15) is 0 Å². The molecule has 2 heteroatoms. The van der Waals surface area contributed by atoms with Crippen LogP contribution in [-0.4, -0.2) is 0 Å². The quantitative estimate of drug-likeness (QED) is 0.182. The van der Waals surface area contributed by atoms with Crippen molar-refractivity contribution in [3.8, 4) is 22.3 Å². The van der Waals surface area contributed by atoms with Crippen molar-refractivity contribution in [1.29, 1.82) is 0 Å². The molecule has 0 aliphatic carbocycles. The minimum Gasteiger partial charge on any atom is -0.456 e. The van der Waals surface area contributed by atoms with Crippen LogP contribution in [0.5, 0.6) is 0 Å². The van der Waals surface area contributed by atoms with Gasteiger partial charge in [-0.2, -0.15) is 0 Å². The Morgan fingerprint density at radius 2 is 0.792 bits per heavy atom. The fourth-order valence-electron chi connectivity index (χ4n) is 8.07. The Hall–Kier alpha value is -6.38. The fraction of sp³-hybridized carbons (Fsp3) is 0. The summed E-state index contributed by atoms with van der Waals surface area (Å²) in [6, 6.07) is 56.7. The van der Waals surface area contributed by atoms with E-state index in [0.29, 0.717) is 0 Å². The lowest BCUT2D eigenvalue weighted by Crippen LogP contribution is -1.91. The van der Waals surface area contributed by atoms with Gasteiger partial charge in [-0.3, -0.25) is 0 Å². The number of furan rings is 2. The molecule has 0 unspecified atom stereocenters. The summed E-state index contributed by atoms with van der Waals surface area (Å²) in [5.41, 5.74) is 8.46. The molecule has 222 valence electrons. The second-order valence-electron chi connectivity index (χ2n) is 12.8. The fourth-order valence-corrected chi connectivity index (χ4v) is 8.07. The molecular weight excluding hydrogens is 585 g/mol. The smallest absolute Gasteiger partial charge is 0.136 e. The molecule has 0 aliphatic heterocycles. The van der Waals surface area contributed by atoms with Gasteiger partial charge in [0, 0.05) is 21.5 Å². The van der Waals surface area contributed by atoms with E-state index in [0.717, 1.165) is 43.9 Å². The number of rotatable bonds is 2. The van der Waals surface area contributed by atoms with E-state index in [1.807, 2.05) is 0 Å². The van der Waals surface area contributed by atoms with E-state index in [1.54, 1.807) is 0 Å². The Kier molecular flexibility index (Phi) is 5.14. The third-order valence-corrected chi connectivity index (χ3v) is 10.2. The molecule has 48 heavy (non-hydrogen) atoms. The molecule has 2 heterocycles. The molecule has 0 bridgehead atoms. The van der Waals surface area contributed by atoms with Crippen LogP contribution in [0.25, 0.3) is 109 Å². The summed E-state index contributed by atoms with van der Waals surface area (Å²) in [4.78, 5) is 0.